The van der Waals surface area contributed by atoms with Crippen molar-refractivity contribution in [1.82, 2.24) is 4.98 Å². The van der Waals surface area contributed by atoms with Gasteiger partial charge in [-0.15, -0.1) is 0 Å². The predicted molar refractivity (Wildman–Crippen MR) is 76.0 cm³/mol. The Kier molecular flexibility index (Phi) is 3.92. The highest BCUT2D eigenvalue weighted by Crippen LogP contribution is 2.41. The van der Waals surface area contributed by atoms with Crippen LogP contribution in [0.25, 0.3) is 0 Å². The van der Waals surface area contributed by atoms with E-state index in [0.717, 1.165) is 16.8 Å². The molecule has 1 fully saturated rings. The summed E-state index contributed by atoms with van der Waals surface area (Å²) in [5.74, 6) is 0.902. The molecule has 1 aromatic heterocycles. The zero-order chi connectivity index (χ0) is 12.3. The highest BCUT2D eigenvalue weighted by molar-refractivity contribution is 9.10. The molecule has 0 aromatic carbocycles. The first-order valence-electron chi connectivity index (χ1n) is 6.30. The topological polar surface area (TPSA) is 50.9 Å². The summed E-state index contributed by atoms with van der Waals surface area (Å²) in [5, 5.41) is 3.46. The van der Waals surface area contributed by atoms with E-state index in [0.29, 0.717) is 11.1 Å². The van der Waals surface area contributed by atoms with Crippen molar-refractivity contribution in [3.8, 4) is 0 Å². The van der Waals surface area contributed by atoms with E-state index in [2.05, 4.69) is 33.2 Å². The van der Waals surface area contributed by atoms with Gasteiger partial charge in [0.05, 0.1) is 16.4 Å². The van der Waals surface area contributed by atoms with Crippen molar-refractivity contribution in [1.29, 1.82) is 0 Å². The molecule has 0 spiro atoms. The second-order valence-electron chi connectivity index (χ2n) is 5.01. The highest BCUT2D eigenvalue weighted by Gasteiger charge is 2.31. The summed E-state index contributed by atoms with van der Waals surface area (Å²) < 4.78 is 0.946. The maximum atomic E-state index is 5.68. The molecule has 0 atom stereocenters. The molecular formula is C13H20BrN3. The maximum absolute atomic E-state index is 5.68. The van der Waals surface area contributed by atoms with Crippen LogP contribution in [-0.4, -0.2) is 11.5 Å². The Morgan fingerprint density at radius 1 is 1.47 bits per heavy atom. The van der Waals surface area contributed by atoms with Gasteiger partial charge in [-0.25, -0.2) is 4.98 Å². The Morgan fingerprint density at radius 3 is 2.76 bits per heavy atom. The lowest BCUT2D eigenvalue weighted by atomic mass is 9.83. The molecule has 1 aliphatic carbocycles. The van der Waals surface area contributed by atoms with Gasteiger partial charge in [0.2, 0.25) is 0 Å². The fourth-order valence-corrected chi connectivity index (χ4v) is 3.14. The molecule has 1 saturated carbocycles. The van der Waals surface area contributed by atoms with Crippen LogP contribution in [0.4, 0.5) is 11.5 Å². The van der Waals surface area contributed by atoms with Crippen molar-refractivity contribution < 1.29 is 0 Å². The van der Waals surface area contributed by atoms with Gasteiger partial charge in [-0.1, -0.05) is 19.8 Å². The average Bonchev–Trinajstić information content (AvgIpc) is 2.77. The van der Waals surface area contributed by atoms with E-state index in [-0.39, 0.29) is 0 Å². The molecule has 3 nitrogen and oxygen atoms in total. The molecule has 0 aliphatic heterocycles. The van der Waals surface area contributed by atoms with Gasteiger partial charge in [-0.05, 0) is 46.7 Å². The van der Waals surface area contributed by atoms with Crippen LogP contribution in [0.3, 0.4) is 0 Å². The van der Waals surface area contributed by atoms with Gasteiger partial charge in [-0.3, -0.25) is 0 Å². The number of pyridine rings is 1. The number of aromatic nitrogens is 1. The minimum Gasteiger partial charge on any atom is -0.397 e. The van der Waals surface area contributed by atoms with Gasteiger partial charge in [0.25, 0.3) is 0 Å². The van der Waals surface area contributed by atoms with E-state index in [9.17, 15) is 0 Å². The van der Waals surface area contributed by atoms with Crippen LogP contribution in [0.2, 0.25) is 0 Å². The van der Waals surface area contributed by atoms with Crippen LogP contribution in [0, 0.1) is 5.41 Å². The molecule has 1 aliphatic rings. The zero-order valence-corrected chi connectivity index (χ0v) is 11.9. The van der Waals surface area contributed by atoms with Crippen molar-refractivity contribution in [3.63, 3.8) is 0 Å². The first-order chi connectivity index (χ1) is 8.15. The molecule has 2 rings (SSSR count). The summed E-state index contributed by atoms with van der Waals surface area (Å²) in [7, 11) is 0. The summed E-state index contributed by atoms with van der Waals surface area (Å²) in [6.07, 6.45) is 8.34. The monoisotopic (exact) mass is 297 g/mol. The lowest BCUT2D eigenvalue weighted by Crippen LogP contribution is -2.26. The van der Waals surface area contributed by atoms with Crippen molar-refractivity contribution in [3.05, 3.63) is 16.7 Å². The second kappa shape index (κ2) is 5.25. The zero-order valence-electron chi connectivity index (χ0n) is 10.3. The molecule has 0 unspecified atom stereocenters. The van der Waals surface area contributed by atoms with Crippen molar-refractivity contribution in [2.45, 2.75) is 39.0 Å². The lowest BCUT2D eigenvalue weighted by molar-refractivity contribution is 0.306. The summed E-state index contributed by atoms with van der Waals surface area (Å²) >= 11 is 3.49. The number of halogens is 1. The van der Waals surface area contributed by atoms with Gasteiger partial charge in [0.15, 0.2) is 0 Å². The number of hydrogen-bond donors (Lipinski definition) is 2. The third-order valence-corrected chi connectivity index (χ3v) is 4.51. The summed E-state index contributed by atoms with van der Waals surface area (Å²) in [4.78, 5) is 4.32. The standard InChI is InChI=1S/C13H20BrN3/c1-2-13(5-3-4-6-13)9-17-12-11(14)7-10(15)8-16-12/h7-8H,2-6,9,15H2,1H3,(H,16,17). The van der Waals surface area contributed by atoms with Crippen LogP contribution in [-0.2, 0) is 0 Å². The summed E-state index contributed by atoms with van der Waals surface area (Å²) in [6, 6.07) is 1.89. The van der Waals surface area contributed by atoms with Gasteiger partial charge in [0, 0.05) is 6.54 Å². The van der Waals surface area contributed by atoms with Crippen LogP contribution in [0.15, 0.2) is 16.7 Å². The first-order valence-corrected chi connectivity index (χ1v) is 7.09. The molecule has 4 heteroatoms. The van der Waals surface area contributed by atoms with E-state index < -0.39 is 0 Å². The fourth-order valence-electron chi connectivity index (χ4n) is 2.63. The molecule has 94 valence electrons. The largest absolute Gasteiger partial charge is 0.397 e. The lowest BCUT2D eigenvalue weighted by Gasteiger charge is -2.28. The summed E-state index contributed by atoms with van der Waals surface area (Å²) in [6.45, 7) is 3.30. The van der Waals surface area contributed by atoms with Crippen LogP contribution < -0.4 is 11.1 Å². The molecule has 3 N–H and O–H groups in total. The predicted octanol–water partition coefficient (Wildman–Crippen LogP) is 3.81. The molecule has 1 heterocycles. The smallest absolute Gasteiger partial charge is 0.140 e. The third-order valence-electron chi connectivity index (χ3n) is 3.91. The molecule has 0 bridgehead atoms. The fraction of sp³-hybridized carbons (Fsp3) is 0.615. The number of nitrogens with zero attached hydrogens (tertiary/aromatic N) is 1. The molecule has 0 saturated heterocycles. The van der Waals surface area contributed by atoms with Crippen LogP contribution in [0.5, 0.6) is 0 Å². The van der Waals surface area contributed by atoms with Crippen LogP contribution in [0.1, 0.15) is 39.0 Å². The van der Waals surface area contributed by atoms with E-state index in [1.165, 1.54) is 32.1 Å². The Balaban J connectivity index is 2.01. The number of nitrogens with one attached hydrogen (secondary N) is 1. The molecule has 0 radical (unpaired) electrons. The van der Waals surface area contributed by atoms with E-state index >= 15 is 0 Å². The van der Waals surface area contributed by atoms with Gasteiger partial charge >= 0.3 is 0 Å². The number of hydrogen-bond acceptors (Lipinski definition) is 3. The van der Waals surface area contributed by atoms with Crippen molar-refractivity contribution >= 4 is 27.4 Å². The van der Waals surface area contributed by atoms with E-state index in [1.54, 1.807) is 6.20 Å². The minimum atomic E-state index is 0.475. The Morgan fingerprint density at radius 2 is 2.18 bits per heavy atom. The van der Waals surface area contributed by atoms with Gasteiger partial charge in [-0.2, -0.15) is 0 Å². The Hall–Kier alpha value is -0.770. The van der Waals surface area contributed by atoms with Crippen molar-refractivity contribution in [2.24, 2.45) is 5.41 Å². The van der Waals surface area contributed by atoms with Crippen molar-refractivity contribution in [2.75, 3.05) is 17.6 Å². The Labute approximate surface area is 111 Å². The molecule has 17 heavy (non-hydrogen) atoms. The van der Waals surface area contributed by atoms with Gasteiger partial charge in [0.1, 0.15) is 5.82 Å². The van der Waals surface area contributed by atoms with Crippen LogP contribution >= 0.6 is 15.9 Å². The quantitative estimate of drug-likeness (QED) is 0.888. The minimum absolute atomic E-state index is 0.475. The van der Waals surface area contributed by atoms with Gasteiger partial charge < -0.3 is 11.1 Å². The SMILES string of the molecule is CCC1(CNc2ncc(N)cc2Br)CCCC1. The second-order valence-corrected chi connectivity index (χ2v) is 5.87. The maximum Gasteiger partial charge on any atom is 0.140 e. The summed E-state index contributed by atoms with van der Waals surface area (Å²) in [5.41, 5.74) is 6.84. The van der Waals surface area contributed by atoms with E-state index in [4.69, 9.17) is 5.73 Å². The first kappa shape index (κ1) is 12.7. The number of anilines is 2. The third kappa shape index (κ3) is 2.92. The average molecular weight is 298 g/mol. The highest BCUT2D eigenvalue weighted by atomic mass is 79.9. The molecule has 0 amide bonds. The molecule has 1 aromatic rings. The number of nitrogens with two attached hydrogens (primary N) is 1. The number of rotatable bonds is 4. The Bertz CT molecular complexity index is 386. The normalized spacial score (nSPS) is 18.2. The molecular weight excluding hydrogens is 278 g/mol. The number of nitrogen functional groups attached to an aromatic ring is 1. The van der Waals surface area contributed by atoms with E-state index in [1.807, 2.05) is 6.07 Å².